The monoisotopic (exact) mass is 282 g/mol. The van der Waals surface area contributed by atoms with Crippen molar-refractivity contribution >= 4 is 35.0 Å². The van der Waals surface area contributed by atoms with E-state index in [2.05, 4.69) is 4.98 Å². The van der Waals surface area contributed by atoms with Gasteiger partial charge in [-0.1, -0.05) is 29.3 Å². The Bertz CT molecular complexity index is 629. The van der Waals surface area contributed by atoms with Crippen LogP contribution in [0.15, 0.2) is 30.3 Å². The summed E-state index contributed by atoms with van der Waals surface area (Å²) in [5, 5.41) is 9.94. The average Bonchev–Trinajstić information content (AvgIpc) is 2.29. The second-order valence-electron chi connectivity index (χ2n) is 3.56. The van der Waals surface area contributed by atoms with Gasteiger partial charge in [0.2, 0.25) is 0 Å². The van der Waals surface area contributed by atoms with Crippen LogP contribution in [0.1, 0.15) is 10.5 Å². The number of nitrogens with two attached hydrogens (primary N) is 1. The Labute approximate surface area is 113 Å². The van der Waals surface area contributed by atoms with Gasteiger partial charge in [-0.2, -0.15) is 0 Å². The normalized spacial score (nSPS) is 10.3. The van der Waals surface area contributed by atoms with Crippen LogP contribution in [-0.2, 0) is 0 Å². The van der Waals surface area contributed by atoms with Crippen LogP contribution in [0.5, 0.6) is 0 Å². The molecule has 6 heteroatoms. The van der Waals surface area contributed by atoms with Crippen molar-refractivity contribution in [2.45, 2.75) is 0 Å². The number of hydrogen-bond donors (Lipinski definition) is 2. The van der Waals surface area contributed by atoms with Gasteiger partial charge in [0.1, 0.15) is 5.82 Å². The van der Waals surface area contributed by atoms with Crippen LogP contribution in [-0.4, -0.2) is 16.1 Å². The molecule has 0 atom stereocenters. The van der Waals surface area contributed by atoms with Crippen LogP contribution < -0.4 is 5.73 Å². The summed E-state index contributed by atoms with van der Waals surface area (Å²) in [6, 6.07) is 7.91. The minimum Gasteiger partial charge on any atom is -0.476 e. The molecule has 0 aliphatic heterocycles. The molecule has 0 aliphatic rings. The van der Waals surface area contributed by atoms with Crippen molar-refractivity contribution in [3.8, 4) is 11.1 Å². The maximum Gasteiger partial charge on any atom is 0.355 e. The van der Waals surface area contributed by atoms with E-state index >= 15 is 0 Å². The molecule has 0 fully saturated rings. The average molecular weight is 283 g/mol. The largest absolute Gasteiger partial charge is 0.476 e. The summed E-state index contributed by atoms with van der Waals surface area (Å²) in [5.41, 5.74) is 6.29. The van der Waals surface area contributed by atoms with Gasteiger partial charge in [0.15, 0.2) is 5.69 Å². The minimum absolute atomic E-state index is 0.140. The Hall–Kier alpha value is -1.78. The first-order valence-corrected chi connectivity index (χ1v) is 5.70. The van der Waals surface area contributed by atoms with E-state index in [0.717, 1.165) is 0 Å². The fourth-order valence-electron chi connectivity index (χ4n) is 1.56. The number of aromatic nitrogens is 1. The first kappa shape index (κ1) is 12.7. The van der Waals surface area contributed by atoms with Crippen molar-refractivity contribution in [2.75, 3.05) is 5.73 Å². The summed E-state index contributed by atoms with van der Waals surface area (Å²) in [4.78, 5) is 14.9. The molecule has 0 saturated heterocycles. The molecule has 4 nitrogen and oxygen atoms in total. The first-order valence-electron chi connectivity index (χ1n) is 4.94. The predicted molar refractivity (Wildman–Crippen MR) is 71.1 cm³/mol. The van der Waals surface area contributed by atoms with E-state index in [4.69, 9.17) is 34.0 Å². The van der Waals surface area contributed by atoms with Gasteiger partial charge in [-0.15, -0.1) is 0 Å². The second-order valence-corrected chi connectivity index (χ2v) is 4.41. The van der Waals surface area contributed by atoms with E-state index in [9.17, 15) is 4.79 Å². The number of benzene rings is 1. The second kappa shape index (κ2) is 4.84. The van der Waals surface area contributed by atoms with Gasteiger partial charge in [-0.05, 0) is 24.3 Å². The molecule has 0 radical (unpaired) electrons. The third-order valence-electron chi connectivity index (χ3n) is 2.34. The number of anilines is 1. The quantitative estimate of drug-likeness (QED) is 0.886. The molecule has 92 valence electrons. The lowest BCUT2D eigenvalue weighted by Gasteiger charge is -2.08. The Balaban J connectivity index is 2.67. The summed E-state index contributed by atoms with van der Waals surface area (Å²) in [5.74, 6) is -1.02. The van der Waals surface area contributed by atoms with E-state index in [0.29, 0.717) is 21.2 Å². The Morgan fingerprint density at radius 3 is 2.44 bits per heavy atom. The number of carbonyl (C=O) groups is 1. The summed E-state index contributed by atoms with van der Waals surface area (Å²) in [6.07, 6.45) is 0. The van der Waals surface area contributed by atoms with Crippen LogP contribution in [0.4, 0.5) is 5.82 Å². The SMILES string of the molecule is Nc1ccc(-c2ccc(Cl)cc2Cl)c(C(=O)O)n1. The maximum absolute atomic E-state index is 11.1. The Kier molecular flexibility index (Phi) is 3.41. The molecule has 18 heavy (non-hydrogen) atoms. The molecule has 0 amide bonds. The molecule has 1 aromatic heterocycles. The number of carboxylic acids is 1. The molecule has 1 aromatic carbocycles. The van der Waals surface area contributed by atoms with E-state index < -0.39 is 5.97 Å². The summed E-state index contributed by atoms with van der Waals surface area (Å²) < 4.78 is 0. The van der Waals surface area contributed by atoms with Crippen molar-refractivity contribution in [1.82, 2.24) is 4.98 Å². The Morgan fingerprint density at radius 2 is 1.83 bits per heavy atom. The molecule has 0 unspecified atom stereocenters. The fourth-order valence-corrected chi connectivity index (χ4v) is 2.07. The van der Waals surface area contributed by atoms with Crippen LogP contribution in [0.25, 0.3) is 11.1 Å². The molecule has 0 saturated carbocycles. The van der Waals surface area contributed by atoms with Crippen LogP contribution >= 0.6 is 23.2 Å². The molecule has 1 heterocycles. The third kappa shape index (κ3) is 2.39. The highest BCUT2D eigenvalue weighted by Crippen LogP contribution is 2.32. The molecule has 0 aliphatic carbocycles. The summed E-state index contributed by atoms with van der Waals surface area (Å²) >= 11 is 11.8. The molecule has 3 N–H and O–H groups in total. The van der Waals surface area contributed by atoms with Crippen molar-refractivity contribution in [2.24, 2.45) is 0 Å². The van der Waals surface area contributed by atoms with E-state index in [1.54, 1.807) is 24.3 Å². The van der Waals surface area contributed by atoms with Crippen molar-refractivity contribution in [1.29, 1.82) is 0 Å². The highest BCUT2D eigenvalue weighted by molar-refractivity contribution is 6.36. The van der Waals surface area contributed by atoms with Gasteiger partial charge in [0, 0.05) is 21.2 Å². The topological polar surface area (TPSA) is 76.2 Å². The number of aromatic carboxylic acids is 1. The van der Waals surface area contributed by atoms with Gasteiger partial charge in [0.25, 0.3) is 0 Å². The van der Waals surface area contributed by atoms with Crippen molar-refractivity contribution < 1.29 is 9.90 Å². The molecule has 0 bridgehead atoms. The number of nitrogen functional groups attached to an aromatic ring is 1. The zero-order valence-electron chi connectivity index (χ0n) is 9.02. The number of hydrogen-bond acceptors (Lipinski definition) is 3. The molecule has 2 aromatic rings. The zero-order chi connectivity index (χ0) is 13.3. The van der Waals surface area contributed by atoms with Crippen molar-refractivity contribution in [3.05, 3.63) is 46.1 Å². The molecule has 2 rings (SSSR count). The number of halogens is 2. The van der Waals surface area contributed by atoms with Crippen molar-refractivity contribution in [3.63, 3.8) is 0 Å². The lowest BCUT2D eigenvalue weighted by atomic mass is 10.0. The molecular formula is C12H8Cl2N2O2. The van der Waals surface area contributed by atoms with Gasteiger partial charge in [-0.25, -0.2) is 9.78 Å². The summed E-state index contributed by atoms with van der Waals surface area (Å²) in [7, 11) is 0. The summed E-state index contributed by atoms with van der Waals surface area (Å²) in [6.45, 7) is 0. The predicted octanol–water partition coefficient (Wildman–Crippen LogP) is 3.34. The number of pyridine rings is 1. The van der Waals surface area contributed by atoms with Gasteiger partial charge in [-0.3, -0.25) is 0 Å². The van der Waals surface area contributed by atoms with Crippen LogP contribution in [0.2, 0.25) is 10.0 Å². The van der Waals surface area contributed by atoms with Gasteiger partial charge in [0.05, 0.1) is 0 Å². The van der Waals surface area contributed by atoms with Gasteiger partial charge >= 0.3 is 5.97 Å². The van der Waals surface area contributed by atoms with Crippen LogP contribution in [0, 0.1) is 0 Å². The lowest BCUT2D eigenvalue weighted by Crippen LogP contribution is -2.05. The van der Waals surface area contributed by atoms with E-state index in [1.165, 1.54) is 6.07 Å². The lowest BCUT2D eigenvalue weighted by molar-refractivity contribution is 0.0691. The van der Waals surface area contributed by atoms with Gasteiger partial charge < -0.3 is 10.8 Å². The van der Waals surface area contributed by atoms with E-state index in [1.807, 2.05) is 0 Å². The number of nitrogens with zero attached hydrogens (tertiary/aromatic N) is 1. The van der Waals surface area contributed by atoms with E-state index in [-0.39, 0.29) is 11.5 Å². The smallest absolute Gasteiger partial charge is 0.355 e. The highest BCUT2D eigenvalue weighted by Gasteiger charge is 2.16. The standard InChI is InChI=1S/C12H8Cl2N2O2/c13-6-1-2-7(9(14)5-6)8-3-4-10(15)16-11(8)12(17)18/h1-5H,(H2,15,16)(H,17,18). The Morgan fingerprint density at radius 1 is 1.17 bits per heavy atom. The highest BCUT2D eigenvalue weighted by atomic mass is 35.5. The third-order valence-corrected chi connectivity index (χ3v) is 2.89. The number of carboxylic acid groups (broad SMARTS) is 1. The number of rotatable bonds is 2. The molecule has 0 spiro atoms. The minimum atomic E-state index is -1.16. The zero-order valence-corrected chi connectivity index (χ0v) is 10.5. The van der Waals surface area contributed by atoms with Crippen LogP contribution in [0.3, 0.4) is 0 Å². The first-order chi connectivity index (χ1) is 8.49. The fraction of sp³-hybridized carbons (Fsp3) is 0. The maximum atomic E-state index is 11.1. The molecular weight excluding hydrogens is 275 g/mol.